The van der Waals surface area contributed by atoms with Gasteiger partial charge >= 0.3 is 0 Å². The second kappa shape index (κ2) is 6.08. The lowest BCUT2D eigenvalue weighted by molar-refractivity contribution is 0.417. The molecule has 0 radical (unpaired) electrons. The Balaban J connectivity index is 2.40. The normalized spacial score (nSPS) is 11.3. The zero-order chi connectivity index (χ0) is 15.6. The topological polar surface area (TPSA) is 47.0 Å². The number of anilines is 2. The number of rotatable bonds is 3. The molecule has 6 heteroatoms. The molecule has 0 saturated heterocycles. The van der Waals surface area contributed by atoms with E-state index in [0.29, 0.717) is 27.6 Å². The van der Waals surface area contributed by atoms with Crippen molar-refractivity contribution in [2.45, 2.75) is 26.2 Å². The first-order valence-electron chi connectivity index (χ1n) is 6.45. The molecular formula is C15H17Cl2N3O. The van der Waals surface area contributed by atoms with Crippen LogP contribution in [0.1, 0.15) is 26.6 Å². The van der Waals surface area contributed by atoms with Gasteiger partial charge in [0.2, 0.25) is 0 Å². The maximum absolute atomic E-state index is 6.08. The van der Waals surface area contributed by atoms with Crippen LogP contribution in [0.5, 0.6) is 5.75 Å². The molecule has 4 nitrogen and oxygen atoms in total. The fourth-order valence-corrected chi connectivity index (χ4v) is 2.09. The van der Waals surface area contributed by atoms with Gasteiger partial charge in [-0.1, -0.05) is 44.0 Å². The number of hydrogen-bond donors (Lipinski definition) is 1. The molecule has 0 bridgehead atoms. The lowest BCUT2D eigenvalue weighted by Gasteiger charge is -2.18. The summed E-state index contributed by atoms with van der Waals surface area (Å²) in [7, 11) is 1.60. The van der Waals surface area contributed by atoms with Crippen LogP contribution in [-0.2, 0) is 5.41 Å². The Labute approximate surface area is 134 Å². The van der Waals surface area contributed by atoms with Crippen molar-refractivity contribution in [3.8, 4) is 5.75 Å². The molecule has 0 saturated carbocycles. The number of halogens is 2. The Morgan fingerprint density at radius 1 is 1.10 bits per heavy atom. The van der Waals surface area contributed by atoms with Gasteiger partial charge in [-0.05, 0) is 18.2 Å². The van der Waals surface area contributed by atoms with Crippen LogP contribution in [0.4, 0.5) is 11.5 Å². The van der Waals surface area contributed by atoms with E-state index in [2.05, 4.69) is 15.3 Å². The number of methoxy groups -OCH3 is 1. The molecule has 1 aromatic carbocycles. The van der Waals surface area contributed by atoms with Crippen molar-refractivity contribution in [3.05, 3.63) is 40.3 Å². The first-order valence-corrected chi connectivity index (χ1v) is 7.21. The molecule has 0 fully saturated rings. The van der Waals surface area contributed by atoms with Gasteiger partial charge in [-0.2, -0.15) is 0 Å². The molecule has 112 valence electrons. The van der Waals surface area contributed by atoms with Gasteiger partial charge < -0.3 is 10.1 Å². The molecule has 0 unspecified atom stereocenters. The third kappa shape index (κ3) is 3.99. The van der Waals surface area contributed by atoms with E-state index in [9.17, 15) is 0 Å². The molecule has 0 spiro atoms. The van der Waals surface area contributed by atoms with Crippen LogP contribution in [0.15, 0.2) is 24.3 Å². The first-order chi connectivity index (χ1) is 9.79. The number of hydrogen-bond acceptors (Lipinski definition) is 4. The van der Waals surface area contributed by atoms with E-state index in [1.807, 2.05) is 20.8 Å². The quantitative estimate of drug-likeness (QED) is 0.821. The second-order valence-corrected chi connectivity index (χ2v) is 6.44. The Bertz CT molecular complexity index is 654. The van der Waals surface area contributed by atoms with Gasteiger partial charge in [-0.25, -0.2) is 9.97 Å². The Morgan fingerprint density at radius 2 is 1.81 bits per heavy atom. The van der Waals surface area contributed by atoms with E-state index < -0.39 is 0 Å². The molecule has 2 aromatic rings. The van der Waals surface area contributed by atoms with Gasteiger partial charge in [0.15, 0.2) is 0 Å². The van der Waals surface area contributed by atoms with Crippen molar-refractivity contribution in [2.75, 3.05) is 12.4 Å². The van der Waals surface area contributed by atoms with Gasteiger partial charge in [-0.3, -0.25) is 0 Å². The molecule has 2 rings (SSSR count). The third-order valence-electron chi connectivity index (χ3n) is 2.79. The van der Waals surface area contributed by atoms with E-state index in [1.165, 1.54) is 0 Å². The van der Waals surface area contributed by atoms with Crippen molar-refractivity contribution < 1.29 is 4.74 Å². The molecule has 0 atom stereocenters. The van der Waals surface area contributed by atoms with Crippen molar-refractivity contribution in [2.24, 2.45) is 0 Å². The van der Waals surface area contributed by atoms with Crippen molar-refractivity contribution in [1.29, 1.82) is 0 Å². The van der Waals surface area contributed by atoms with E-state index in [0.717, 1.165) is 5.69 Å². The minimum atomic E-state index is -0.195. The highest BCUT2D eigenvalue weighted by atomic mass is 35.5. The monoisotopic (exact) mass is 325 g/mol. The summed E-state index contributed by atoms with van der Waals surface area (Å²) in [5.41, 5.74) is 0.527. The summed E-state index contributed by atoms with van der Waals surface area (Å²) in [4.78, 5) is 8.76. The minimum Gasteiger partial charge on any atom is -0.495 e. The zero-order valence-corrected chi connectivity index (χ0v) is 13.9. The van der Waals surface area contributed by atoms with Crippen LogP contribution >= 0.6 is 23.2 Å². The second-order valence-electron chi connectivity index (χ2n) is 5.62. The Kier molecular flexibility index (Phi) is 4.59. The standard InChI is InChI=1S/C15H17Cl2N3O/c1-15(2,3)14-19-12(17)8-13(20-14)18-10-7-9(16)5-6-11(10)21-4/h5-8H,1-4H3,(H,18,19,20). The first kappa shape index (κ1) is 15.9. The maximum Gasteiger partial charge on any atom is 0.142 e. The van der Waals surface area contributed by atoms with E-state index in [-0.39, 0.29) is 5.41 Å². The van der Waals surface area contributed by atoms with Crippen LogP contribution in [0.2, 0.25) is 10.2 Å². The molecule has 1 aromatic heterocycles. The van der Waals surface area contributed by atoms with Gasteiger partial charge in [-0.15, -0.1) is 0 Å². The van der Waals surface area contributed by atoms with Crippen LogP contribution in [0, 0.1) is 0 Å². The summed E-state index contributed by atoms with van der Waals surface area (Å²) in [5, 5.41) is 4.17. The fourth-order valence-electron chi connectivity index (χ4n) is 1.73. The summed E-state index contributed by atoms with van der Waals surface area (Å²) >= 11 is 12.1. The Hall–Kier alpha value is -1.52. The van der Waals surface area contributed by atoms with E-state index in [1.54, 1.807) is 31.4 Å². The summed E-state index contributed by atoms with van der Waals surface area (Å²) in [6.45, 7) is 6.09. The average Bonchev–Trinajstić information content (AvgIpc) is 2.37. The summed E-state index contributed by atoms with van der Waals surface area (Å²) in [6.07, 6.45) is 0. The highest BCUT2D eigenvalue weighted by Gasteiger charge is 2.19. The lowest BCUT2D eigenvalue weighted by Crippen LogP contribution is -2.16. The van der Waals surface area contributed by atoms with Gasteiger partial charge in [0.25, 0.3) is 0 Å². The summed E-state index contributed by atoms with van der Waals surface area (Å²) in [6, 6.07) is 6.99. The molecule has 0 aliphatic heterocycles. The zero-order valence-electron chi connectivity index (χ0n) is 12.4. The Morgan fingerprint density at radius 3 is 2.43 bits per heavy atom. The number of benzene rings is 1. The van der Waals surface area contributed by atoms with Crippen molar-refractivity contribution in [1.82, 2.24) is 9.97 Å². The highest BCUT2D eigenvalue weighted by Crippen LogP contribution is 2.31. The van der Waals surface area contributed by atoms with Gasteiger partial charge in [0.1, 0.15) is 22.5 Å². The van der Waals surface area contributed by atoms with Crippen LogP contribution < -0.4 is 10.1 Å². The van der Waals surface area contributed by atoms with Gasteiger partial charge in [0, 0.05) is 16.5 Å². The fraction of sp³-hybridized carbons (Fsp3) is 0.333. The van der Waals surface area contributed by atoms with Crippen LogP contribution in [0.3, 0.4) is 0 Å². The summed E-state index contributed by atoms with van der Waals surface area (Å²) in [5.74, 6) is 1.94. The number of nitrogens with one attached hydrogen (secondary N) is 1. The average molecular weight is 326 g/mol. The lowest BCUT2D eigenvalue weighted by atomic mass is 9.96. The molecular weight excluding hydrogens is 309 g/mol. The number of nitrogens with zero attached hydrogens (tertiary/aromatic N) is 2. The smallest absolute Gasteiger partial charge is 0.142 e. The number of ether oxygens (including phenoxy) is 1. The molecule has 1 N–H and O–H groups in total. The predicted octanol–water partition coefficient (Wildman–Crippen LogP) is 4.83. The molecule has 21 heavy (non-hydrogen) atoms. The third-order valence-corrected chi connectivity index (χ3v) is 3.22. The van der Waals surface area contributed by atoms with E-state index >= 15 is 0 Å². The van der Waals surface area contributed by atoms with Gasteiger partial charge in [0.05, 0.1) is 12.8 Å². The van der Waals surface area contributed by atoms with Crippen LogP contribution in [0.25, 0.3) is 0 Å². The van der Waals surface area contributed by atoms with Crippen molar-refractivity contribution >= 4 is 34.7 Å². The largest absolute Gasteiger partial charge is 0.495 e. The molecule has 0 aliphatic rings. The molecule has 1 heterocycles. The van der Waals surface area contributed by atoms with Crippen LogP contribution in [-0.4, -0.2) is 17.1 Å². The SMILES string of the molecule is COc1ccc(Cl)cc1Nc1cc(Cl)nc(C(C)(C)C)n1. The van der Waals surface area contributed by atoms with E-state index in [4.69, 9.17) is 27.9 Å². The highest BCUT2D eigenvalue weighted by molar-refractivity contribution is 6.31. The molecule has 0 amide bonds. The molecule has 0 aliphatic carbocycles. The predicted molar refractivity (Wildman–Crippen MR) is 87.0 cm³/mol. The summed E-state index contributed by atoms with van der Waals surface area (Å²) < 4.78 is 5.30. The maximum atomic E-state index is 6.08. The minimum absolute atomic E-state index is 0.195. The number of aromatic nitrogens is 2. The van der Waals surface area contributed by atoms with Crippen molar-refractivity contribution in [3.63, 3.8) is 0 Å².